The first-order chi connectivity index (χ1) is 13.2. The van der Waals surface area contributed by atoms with Gasteiger partial charge in [-0.05, 0) is 17.7 Å². The largest absolute Gasteiger partial charge is 0.454 e. The predicted octanol–water partition coefficient (Wildman–Crippen LogP) is 1.80. The Morgan fingerprint density at radius 1 is 1.00 bits per heavy atom. The van der Waals surface area contributed by atoms with Crippen LogP contribution in [-0.2, 0) is 13.1 Å². The van der Waals surface area contributed by atoms with Gasteiger partial charge in [-0.1, -0.05) is 6.07 Å². The highest BCUT2D eigenvalue weighted by Gasteiger charge is 2.19. The molecule has 0 unspecified atom stereocenters. The number of hydrogen-bond donors (Lipinski definition) is 0. The lowest BCUT2D eigenvalue weighted by atomic mass is 10.1. The first-order valence-electron chi connectivity index (χ1n) is 9.04. The van der Waals surface area contributed by atoms with Gasteiger partial charge in [-0.2, -0.15) is 0 Å². The number of benzene rings is 1. The number of thiazole rings is 1. The van der Waals surface area contributed by atoms with Crippen molar-refractivity contribution in [1.29, 1.82) is 0 Å². The molecule has 27 heavy (non-hydrogen) atoms. The minimum absolute atomic E-state index is 0.00214. The monoisotopic (exact) mass is 384 g/mol. The van der Waals surface area contributed by atoms with Gasteiger partial charge in [0.15, 0.2) is 16.5 Å². The van der Waals surface area contributed by atoms with E-state index < -0.39 is 0 Å². The summed E-state index contributed by atoms with van der Waals surface area (Å²) in [4.78, 5) is 22.3. The van der Waals surface area contributed by atoms with Gasteiger partial charge in [-0.25, -0.2) is 4.98 Å². The van der Waals surface area contributed by atoms with Crippen LogP contribution in [0.15, 0.2) is 40.6 Å². The van der Waals surface area contributed by atoms with E-state index >= 15 is 0 Å². The number of ether oxygens (including phenoxy) is 2. The summed E-state index contributed by atoms with van der Waals surface area (Å²) in [5.41, 5.74) is 2.09. The maximum atomic E-state index is 12.1. The van der Waals surface area contributed by atoms with Crippen LogP contribution in [0.25, 0.3) is 4.96 Å². The van der Waals surface area contributed by atoms with E-state index in [4.69, 9.17) is 9.47 Å². The van der Waals surface area contributed by atoms with E-state index in [0.29, 0.717) is 6.79 Å². The quantitative estimate of drug-likeness (QED) is 0.684. The van der Waals surface area contributed by atoms with E-state index in [1.165, 1.54) is 16.9 Å². The minimum atomic E-state index is -0.00214. The minimum Gasteiger partial charge on any atom is -0.454 e. The second kappa shape index (κ2) is 6.95. The van der Waals surface area contributed by atoms with Crippen LogP contribution in [0.3, 0.4) is 0 Å². The molecular weight excluding hydrogens is 364 g/mol. The van der Waals surface area contributed by atoms with Crippen LogP contribution in [0.1, 0.15) is 11.3 Å². The summed E-state index contributed by atoms with van der Waals surface area (Å²) in [5.74, 6) is 1.67. The second-order valence-corrected chi connectivity index (χ2v) is 7.75. The average molecular weight is 384 g/mol. The molecule has 0 amide bonds. The molecular formula is C19H20N4O3S. The number of nitrogens with zero attached hydrogens (tertiary/aromatic N) is 4. The summed E-state index contributed by atoms with van der Waals surface area (Å²) < 4.78 is 12.4. The van der Waals surface area contributed by atoms with Crippen LogP contribution < -0.4 is 15.0 Å². The van der Waals surface area contributed by atoms with Crippen molar-refractivity contribution in [3.8, 4) is 11.5 Å². The number of hydrogen-bond acceptors (Lipinski definition) is 7. The van der Waals surface area contributed by atoms with Gasteiger partial charge in [-0.3, -0.25) is 19.0 Å². The third kappa shape index (κ3) is 3.43. The first kappa shape index (κ1) is 16.7. The third-order valence-corrected chi connectivity index (χ3v) is 5.81. The van der Waals surface area contributed by atoms with E-state index in [9.17, 15) is 4.79 Å². The molecule has 2 aromatic heterocycles. The van der Waals surface area contributed by atoms with Gasteiger partial charge in [0.25, 0.3) is 5.56 Å². The molecule has 140 valence electrons. The summed E-state index contributed by atoms with van der Waals surface area (Å²) in [6.45, 7) is 5.87. The number of piperazine rings is 1. The highest BCUT2D eigenvalue weighted by Crippen LogP contribution is 2.32. The molecule has 0 spiro atoms. The van der Waals surface area contributed by atoms with Crippen LogP contribution in [0, 0.1) is 0 Å². The Kier molecular flexibility index (Phi) is 4.31. The highest BCUT2D eigenvalue weighted by atomic mass is 32.1. The summed E-state index contributed by atoms with van der Waals surface area (Å²) in [6.07, 6.45) is 1.77. The molecule has 5 rings (SSSR count). The van der Waals surface area contributed by atoms with E-state index in [1.807, 2.05) is 11.4 Å². The Labute approximate surface area is 160 Å². The Hall–Kier alpha value is -2.42. The van der Waals surface area contributed by atoms with Crippen LogP contribution in [-0.4, -0.2) is 52.2 Å². The van der Waals surface area contributed by atoms with Crippen LogP contribution in [0.4, 0.5) is 0 Å². The SMILES string of the molecule is O=c1cc(CN2CCN(Cc3ccc4c(c3)OCO4)CC2)nc2sccn12. The molecule has 3 aromatic rings. The fourth-order valence-electron chi connectivity index (χ4n) is 3.60. The van der Waals surface area contributed by atoms with Crippen molar-refractivity contribution in [3.05, 3.63) is 57.5 Å². The number of rotatable bonds is 4. The molecule has 7 nitrogen and oxygen atoms in total. The maximum Gasteiger partial charge on any atom is 0.258 e. The molecule has 0 radical (unpaired) electrons. The zero-order valence-electron chi connectivity index (χ0n) is 14.8. The molecule has 1 aromatic carbocycles. The predicted molar refractivity (Wildman–Crippen MR) is 102 cm³/mol. The Morgan fingerprint density at radius 2 is 1.78 bits per heavy atom. The van der Waals surface area contributed by atoms with Crippen LogP contribution in [0.5, 0.6) is 11.5 Å². The zero-order chi connectivity index (χ0) is 18.2. The van der Waals surface area contributed by atoms with Gasteiger partial charge in [0.2, 0.25) is 6.79 Å². The Bertz CT molecular complexity index is 1020. The number of fused-ring (bicyclic) bond motifs is 2. The van der Waals surface area contributed by atoms with Gasteiger partial charge in [0.1, 0.15) is 0 Å². The zero-order valence-corrected chi connectivity index (χ0v) is 15.7. The molecule has 8 heteroatoms. The fraction of sp³-hybridized carbons (Fsp3) is 0.368. The topological polar surface area (TPSA) is 59.3 Å². The third-order valence-electron chi connectivity index (χ3n) is 5.05. The molecule has 4 heterocycles. The lowest BCUT2D eigenvalue weighted by Crippen LogP contribution is -2.45. The van der Waals surface area contributed by atoms with Gasteiger partial charge in [0.05, 0.1) is 5.69 Å². The maximum absolute atomic E-state index is 12.1. The van der Waals surface area contributed by atoms with Crippen molar-refractivity contribution in [3.63, 3.8) is 0 Å². The molecule has 1 saturated heterocycles. The van der Waals surface area contributed by atoms with Gasteiger partial charge >= 0.3 is 0 Å². The standard InChI is InChI=1S/C19H20N4O3S/c24-18-10-15(20-19-23(18)7-8-27-19)12-22-5-3-21(4-6-22)11-14-1-2-16-17(9-14)26-13-25-16/h1-2,7-10H,3-6,11-13H2. The number of aromatic nitrogens is 2. The molecule has 0 aliphatic carbocycles. The van der Waals surface area contributed by atoms with E-state index in [0.717, 1.165) is 61.4 Å². The smallest absolute Gasteiger partial charge is 0.258 e. The normalized spacial score (nSPS) is 17.6. The molecule has 0 saturated carbocycles. The fourth-order valence-corrected chi connectivity index (χ4v) is 4.34. The highest BCUT2D eigenvalue weighted by molar-refractivity contribution is 7.15. The van der Waals surface area contributed by atoms with Crippen molar-refractivity contribution in [2.24, 2.45) is 0 Å². The summed E-state index contributed by atoms with van der Waals surface area (Å²) in [7, 11) is 0. The van der Waals surface area contributed by atoms with E-state index in [2.05, 4.69) is 26.9 Å². The van der Waals surface area contributed by atoms with E-state index in [-0.39, 0.29) is 5.56 Å². The molecule has 1 fully saturated rings. The van der Waals surface area contributed by atoms with Crippen LogP contribution in [0.2, 0.25) is 0 Å². The Balaban J connectivity index is 1.19. The van der Waals surface area contributed by atoms with E-state index in [1.54, 1.807) is 16.7 Å². The van der Waals surface area contributed by atoms with Crippen molar-refractivity contribution in [2.45, 2.75) is 13.1 Å². The van der Waals surface area contributed by atoms with Gasteiger partial charge in [-0.15, -0.1) is 11.3 Å². The summed E-state index contributed by atoms with van der Waals surface area (Å²) in [6, 6.07) is 7.81. The molecule has 0 bridgehead atoms. The van der Waals surface area contributed by atoms with Crippen LogP contribution >= 0.6 is 11.3 Å². The Morgan fingerprint density at radius 3 is 2.63 bits per heavy atom. The van der Waals surface area contributed by atoms with Crippen molar-refractivity contribution >= 4 is 16.3 Å². The summed E-state index contributed by atoms with van der Waals surface area (Å²) >= 11 is 1.49. The molecule has 2 aliphatic heterocycles. The van der Waals surface area contributed by atoms with Gasteiger partial charge < -0.3 is 9.47 Å². The van der Waals surface area contributed by atoms with Crippen molar-refractivity contribution in [2.75, 3.05) is 33.0 Å². The lowest BCUT2D eigenvalue weighted by molar-refractivity contribution is 0.121. The van der Waals surface area contributed by atoms with Crippen molar-refractivity contribution < 1.29 is 9.47 Å². The first-order valence-corrected chi connectivity index (χ1v) is 9.92. The van der Waals surface area contributed by atoms with Gasteiger partial charge in [0, 0.05) is 56.9 Å². The lowest BCUT2D eigenvalue weighted by Gasteiger charge is -2.34. The molecule has 0 N–H and O–H groups in total. The summed E-state index contributed by atoms with van der Waals surface area (Å²) in [5, 5.41) is 1.89. The second-order valence-electron chi connectivity index (χ2n) is 6.88. The van der Waals surface area contributed by atoms with Crippen molar-refractivity contribution in [1.82, 2.24) is 19.2 Å². The average Bonchev–Trinajstić information content (AvgIpc) is 3.32. The molecule has 0 atom stereocenters. The molecule has 2 aliphatic rings.